The number of phenolic OH excluding ortho intramolecular Hbond substituents is 1. The first-order valence-electron chi connectivity index (χ1n) is 7.82. The molecule has 21 heavy (non-hydrogen) atoms. The standard InChI is InChI=1S/C19H25NO/c1-3-4-6-11-18(16-9-7-5-8-10-16)20-17-13-12-15(2)19(21)14-17/h5,7-10,12-14,18,20-21H,3-4,6,11H2,1-2H3. The molecule has 0 heterocycles. The van der Waals surface area contributed by atoms with E-state index in [0.29, 0.717) is 11.8 Å². The van der Waals surface area contributed by atoms with E-state index < -0.39 is 0 Å². The minimum atomic E-state index is 0.292. The Kier molecular flexibility index (Phi) is 5.68. The third-order valence-corrected chi connectivity index (χ3v) is 3.85. The highest BCUT2D eigenvalue weighted by atomic mass is 16.3. The first-order chi connectivity index (χ1) is 10.2. The molecule has 0 radical (unpaired) electrons. The average Bonchev–Trinajstić information content (AvgIpc) is 2.51. The van der Waals surface area contributed by atoms with Crippen molar-refractivity contribution in [2.24, 2.45) is 0 Å². The molecule has 2 rings (SSSR count). The Hall–Kier alpha value is -1.96. The van der Waals surface area contributed by atoms with Crippen LogP contribution in [0.5, 0.6) is 5.75 Å². The minimum absolute atomic E-state index is 0.292. The van der Waals surface area contributed by atoms with Crippen LogP contribution < -0.4 is 5.32 Å². The van der Waals surface area contributed by atoms with Crippen LogP contribution in [0, 0.1) is 6.92 Å². The number of aryl methyl sites for hydroxylation is 1. The molecule has 2 aromatic carbocycles. The average molecular weight is 283 g/mol. The predicted molar refractivity (Wildman–Crippen MR) is 89.8 cm³/mol. The lowest BCUT2D eigenvalue weighted by atomic mass is 10.00. The summed E-state index contributed by atoms with van der Waals surface area (Å²) in [5, 5.41) is 13.4. The molecule has 0 aliphatic carbocycles. The van der Waals surface area contributed by atoms with Gasteiger partial charge < -0.3 is 10.4 Å². The molecule has 2 aromatic rings. The van der Waals surface area contributed by atoms with Gasteiger partial charge in [0.05, 0.1) is 6.04 Å². The summed E-state index contributed by atoms with van der Waals surface area (Å²) in [4.78, 5) is 0. The molecule has 2 heteroatoms. The van der Waals surface area contributed by atoms with E-state index in [1.807, 2.05) is 31.2 Å². The molecule has 2 nitrogen and oxygen atoms in total. The van der Waals surface area contributed by atoms with Crippen LogP contribution >= 0.6 is 0 Å². The minimum Gasteiger partial charge on any atom is -0.508 e. The smallest absolute Gasteiger partial charge is 0.120 e. The molecule has 0 aliphatic heterocycles. The highest BCUT2D eigenvalue weighted by Gasteiger charge is 2.11. The maximum atomic E-state index is 9.86. The highest BCUT2D eigenvalue weighted by molar-refractivity contribution is 5.52. The maximum absolute atomic E-state index is 9.86. The predicted octanol–water partition coefficient (Wildman–Crippen LogP) is 5.43. The summed E-state index contributed by atoms with van der Waals surface area (Å²) in [7, 11) is 0. The summed E-state index contributed by atoms with van der Waals surface area (Å²) >= 11 is 0. The molecule has 0 aromatic heterocycles. The number of hydrogen-bond acceptors (Lipinski definition) is 2. The number of anilines is 1. The molecular formula is C19H25NO. The molecule has 0 amide bonds. The molecule has 1 unspecified atom stereocenters. The van der Waals surface area contributed by atoms with E-state index in [1.54, 1.807) is 0 Å². The number of benzene rings is 2. The van der Waals surface area contributed by atoms with Gasteiger partial charge in [-0.1, -0.05) is 62.6 Å². The van der Waals surface area contributed by atoms with Gasteiger partial charge in [-0.25, -0.2) is 0 Å². The van der Waals surface area contributed by atoms with Crippen molar-refractivity contribution in [1.29, 1.82) is 0 Å². The van der Waals surface area contributed by atoms with Crippen molar-refractivity contribution in [2.75, 3.05) is 5.32 Å². The fraction of sp³-hybridized carbons (Fsp3) is 0.368. The SMILES string of the molecule is CCCCCC(Nc1ccc(C)c(O)c1)c1ccccc1. The molecule has 2 N–H and O–H groups in total. The molecule has 0 saturated heterocycles. The van der Waals surface area contributed by atoms with Crippen LogP contribution in [0.3, 0.4) is 0 Å². The van der Waals surface area contributed by atoms with Crippen molar-refractivity contribution in [1.82, 2.24) is 0 Å². The zero-order valence-electron chi connectivity index (χ0n) is 13.0. The zero-order valence-corrected chi connectivity index (χ0v) is 13.0. The van der Waals surface area contributed by atoms with Gasteiger partial charge in [0.25, 0.3) is 0 Å². The normalized spacial score (nSPS) is 12.1. The number of aromatic hydroxyl groups is 1. The van der Waals surface area contributed by atoms with Gasteiger partial charge in [0.2, 0.25) is 0 Å². The number of unbranched alkanes of at least 4 members (excludes halogenated alkanes) is 2. The van der Waals surface area contributed by atoms with Gasteiger partial charge in [-0.3, -0.25) is 0 Å². The van der Waals surface area contributed by atoms with Crippen molar-refractivity contribution >= 4 is 5.69 Å². The summed E-state index contributed by atoms with van der Waals surface area (Å²) < 4.78 is 0. The van der Waals surface area contributed by atoms with Crippen LogP contribution in [-0.2, 0) is 0 Å². The van der Waals surface area contributed by atoms with E-state index in [1.165, 1.54) is 24.8 Å². The molecule has 0 spiro atoms. The molecular weight excluding hydrogens is 258 g/mol. The van der Waals surface area contributed by atoms with Crippen LogP contribution in [0.2, 0.25) is 0 Å². The third-order valence-electron chi connectivity index (χ3n) is 3.85. The van der Waals surface area contributed by atoms with Crippen molar-refractivity contribution in [3.8, 4) is 5.75 Å². The van der Waals surface area contributed by atoms with E-state index in [0.717, 1.165) is 17.7 Å². The van der Waals surface area contributed by atoms with Crippen LogP contribution in [-0.4, -0.2) is 5.11 Å². The van der Waals surface area contributed by atoms with E-state index in [9.17, 15) is 5.11 Å². The van der Waals surface area contributed by atoms with Gasteiger partial charge >= 0.3 is 0 Å². The second kappa shape index (κ2) is 7.72. The summed E-state index contributed by atoms with van der Waals surface area (Å²) in [6.45, 7) is 4.14. The fourth-order valence-electron chi connectivity index (χ4n) is 2.51. The summed E-state index contributed by atoms with van der Waals surface area (Å²) in [6, 6.07) is 16.6. The Labute approximate surface area is 127 Å². The summed E-state index contributed by atoms with van der Waals surface area (Å²) in [5.74, 6) is 0.348. The van der Waals surface area contributed by atoms with Gasteiger partial charge in [0.1, 0.15) is 5.75 Å². The van der Waals surface area contributed by atoms with Gasteiger partial charge in [-0.15, -0.1) is 0 Å². The molecule has 0 bridgehead atoms. The Morgan fingerprint density at radius 2 is 1.81 bits per heavy atom. The Morgan fingerprint density at radius 1 is 1.05 bits per heavy atom. The highest BCUT2D eigenvalue weighted by Crippen LogP contribution is 2.28. The quantitative estimate of drug-likeness (QED) is 0.664. The molecule has 1 atom stereocenters. The van der Waals surface area contributed by atoms with Crippen molar-refractivity contribution in [3.63, 3.8) is 0 Å². The van der Waals surface area contributed by atoms with E-state index in [-0.39, 0.29) is 0 Å². The zero-order chi connectivity index (χ0) is 15.1. The van der Waals surface area contributed by atoms with Gasteiger partial charge in [-0.05, 0) is 30.5 Å². The molecule has 0 aliphatic rings. The van der Waals surface area contributed by atoms with Gasteiger partial charge in [-0.2, -0.15) is 0 Å². The van der Waals surface area contributed by atoms with Crippen molar-refractivity contribution < 1.29 is 5.11 Å². The second-order valence-electron chi connectivity index (χ2n) is 5.60. The first-order valence-corrected chi connectivity index (χ1v) is 7.82. The van der Waals surface area contributed by atoms with Crippen LogP contribution in [0.4, 0.5) is 5.69 Å². The lowest BCUT2D eigenvalue weighted by molar-refractivity contribution is 0.471. The molecule has 0 fully saturated rings. The van der Waals surface area contributed by atoms with Gasteiger partial charge in [0, 0.05) is 11.8 Å². The van der Waals surface area contributed by atoms with Crippen molar-refractivity contribution in [3.05, 3.63) is 59.7 Å². The Bertz CT molecular complexity index is 551. The van der Waals surface area contributed by atoms with E-state index >= 15 is 0 Å². The Balaban J connectivity index is 2.13. The topological polar surface area (TPSA) is 32.3 Å². The second-order valence-corrected chi connectivity index (χ2v) is 5.60. The van der Waals surface area contributed by atoms with E-state index in [4.69, 9.17) is 0 Å². The Morgan fingerprint density at radius 3 is 2.48 bits per heavy atom. The monoisotopic (exact) mass is 283 g/mol. The van der Waals surface area contributed by atoms with Crippen LogP contribution in [0.25, 0.3) is 0 Å². The number of hydrogen-bond donors (Lipinski definition) is 2. The summed E-state index contributed by atoms with van der Waals surface area (Å²) in [5.41, 5.74) is 3.18. The number of nitrogens with one attached hydrogen (secondary N) is 1. The molecule has 112 valence electrons. The van der Waals surface area contributed by atoms with Gasteiger partial charge in [0.15, 0.2) is 0 Å². The van der Waals surface area contributed by atoms with E-state index in [2.05, 4.69) is 36.5 Å². The van der Waals surface area contributed by atoms with Crippen LogP contribution in [0.15, 0.2) is 48.5 Å². The van der Waals surface area contributed by atoms with Crippen molar-refractivity contribution in [2.45, 2.75) is 45.6 Å². The molecule has 0 saturated carbocycles. The first kappa shape index (κ1) is 15.4. The fourth-order valence-corrected chi connectivity index (χ4v) is 2.51. The number of rotatable bonds is 7. The lowest BCUT2D eigenvalue weighted by Crippen LogP contribution is -2.10. The summed E-state index contributed by atoms with van der Waals surface area (Å²) in [6.07, 6.45) is 4.80. The maximum Gasteiger partial charge on any atom is 0.120 e. The van der Waals surface area contributed by atoms with Crippen LogP contribution in [0.1, 0.15) is 49.8 Å². The number of phenols is 1. The lowest BCUT2D eigenvalue weighted by Gasteiger charge is -2.21. The largest absolute Gasteiger partial charge is 0.508 e. The third kappa shape index (κ3) is 4.52.